The molecule has 0 aromatic heterocycles. The molecule has 1 aliphatic carbocycles. The van der Waals surface area contributed by atoms with Crippen molar-refractivity contribution in [2.45, 2.75) is 58.7 Å². The van der Waals surface area contributed by atoms with Gasteiger partial charge in [0, 0.05) is 18.1 Å². The summed E-state index contributed by atoms with van der Waals surface area (Å²) in [5.41, 5.74) is 0.251. The predicted molar refractivity (Wildman–Crippen MR) is 63.6 cm³/mol. The maximum absolute atomic E-state index is 5.74. The third-order valence-electron chi connectivity index (χ3n) is 3.81. The minimum absolute atomic E-state index is 0.156. The van der Waals surface area contributed by atoms with Crippen molar-refractivity contribution in [3.8, 4) is 12.3 Å². The molecule has 2 heteroatoms. The molecule has 1 N–H and O–H groups in total. The van der Waals surface area contributed by atoms with Gasteiger partial charge in [0.05, 0.1) is 12.1 Å². The molecule has 0 bridgehead atoms. The Morgan fingerprint density at radius 3 is 2.73 bits per heavy atom. The second-order valence-corrected chi connectivity index (χ2v) is 4.65. The molecular formula is C13H23NO. The fourth-order valence-corrected chi connectivity index (χ4v) is 2.36. The van der Waals surface area contributed by atoms with E-state index in [2.05, 4.69) is 32.0 Å². The summed E-state index contributed by atoms with van der Waals surface area (Å²) >= 11 is 0. The van der Waals surface area contributed by atoms with Gasteiger partial charge in [0.15, 0.2) is 0 Å². The van der Waals surface area contributed by atoms with Crippen LogP contribution in [0.2, 0.25) is 0 Å². The first kappa shape index (κ1) is 12.5. The summed E-state index contributed by atoms with van der Waals surface area (Å²) in [7, 11) is 0. The molecule has 0 amide bonds. The number of hydrogen-bond donors (Lipinski definition) is 1. The zero-order valence-electron chi connectivity index (χ0n) is 10.3. The zero-order chi connectivity index (χ0) is 11.5. The van der Waals surface area contributed by atoms with Crippen LogP contribution in [-0.4, -0.2) is 24.8 Å². The van der Waals surface area contributed by atoms with Crippen LogP contribution >= 0.6 is 0 Å². The average molecular weight is 209 g/mol. The molecule has 0 spiro atoms. The standard InChI is InChI=1S/C13H23NO/c1-6-10(4)14-11-9-12(15-8-3)13(11,5)7-2/h1,10-12,14H,7-9H2,2-5H3. The second kappa shape index (κ2) is 5.01. The lowest BCUT2D eigenvalue weighted by Crippen LogP contribution is -2.63. The van der Waals surface area contributed by atoms with Gasteiger partial charge in [-0.3, -0.25) is 0 Å². The quantitative estimate of drug-likeness (QED) is 0.701. The van der Waals surface area contributed by atoms with Gasteiger partial charge < -0.3 is 10.1 Å². The van der Waals surface area contributed by atoms with Gasteiger partial charge in [-0.05, 0) is 26.7 Å². The average Bonchev–Trinajstić information content (AvgIpc) is 2.26. The molecule has 0 heterocycles. The lowest BCUT2D eigenvalue weighted by molar-refractivity contribution is -0.126. The second-order valence-electron chi connectivity index (χ2n) is 4.65. The molecular weight excluding hydrogens is 186 g/mol. The number of nitrogens with one attached hydrogen (secondary N) is 1. The van der Waals surface area contributed by atoms with Gasteiger partial charge in [-0.15, -0.1) is 6.42 Å². The fourth-order valence-electron chi connectivity index (χ4n) is 2.36. The summed E-state index contributed by atoms with van der Waals surface area (Å²) in [6.45, 7) is 9.40. The molecule has 0 aromatic rings. The van der Waals surface area contributed by atoms with E-state index in [-0.39, 0.29) is 11.5 Å². The summed E-state index contributed by atoms with van der Waals surface area (Å²) in [5, 5.41) is 3.48. The Balaban J connectivity index is 2.53. The Morgan fingerprint density at radius 2 is 2.27 bits per heavy atom. The highest BCUT2D eigenvalue weighted by atomic mass is 16.5. The Kier molecular flexibility index (Phi) is 4.19. The van der Waals surface area contributed by atoms with E-state index in [1.54, 1.807) is 0 Å². The van der Waals surface area contributed by atoms with E-state index in [4.69, 9.17) is 11.2 Å². The molecule has 2 nitrogen and oxygen atoms in total. The van der Waals surface area contributed by atoms with E-state index in [1.165, 1.54) is 0 Å². The maximum atomic E-state index is 5.74. The number of ether oxygens (including phenoxy) is 1. The zero-order valence-corrected chi connectivity index (χ0v) is 10.3. The Morgan fingerprint density at radius 1 is 1.60 bits per heavy atom. The van der Waals surface area contributed by atoms with Crippen molar-refractivity contribution in [3.63, 3.8) is 0 Å². The minimum Gasteiger partial charge on any atom is -0.378 e. The highest BCUT2D eigenvalue weighted by molar-refractivity contribution is 5.08. The first-order valence-corrected chi connectivity index (χ1v) is 5.92. The lowest BCUT2D eigenvalue weighted by atomic mass is 9.61. The predicted octanol–water partition coefficient (Wildman–Crippen LogP) is 2.19. The van der Waals surface area contributed by atoms with Gasteiger partial charge in [0.1, 0.15) is 0 Å². The largest absolute Gasteiger partial charge is 0.378 e. The molecule has 1 fully saturated rings. The molecule has 1 saturated carbocycles. The summed E-state index contributed by atoms with van der Waals surface area (Å²) in [4.78, 5) is 0. The van der Waals surface area contributed by atoms with Crippen LogP contribution in [-0.2, 0) is 4.74 Å². The van der Waals surface area contributed by atoms with E-state index < -0.39 is 0 Å². The highest BCUT2D eigenvalue weighted by Crippen LogP contribution is 2.45. The van der Waals surface area contributed by atoms with Crippen molar-refractivity contribution in [1.82, 2.24) is 5.32 Å². The first-order valence-electron chi connectivity index (χ1n) is 5.92. The van der Waals surface area contributed by atoms with E-state index in [0.29, 0.717) is 12.1 Å². The molecule has 1 aliphatic rings. The summed E-state index contributed by atoms with van der Waals surface area (Å²) in [6.07, 6.45) is 8.00. The van der Waals surface area contributed by atoms with Gasteiger partial charge in [0.2, 0.25) is 0 Å². The molecule has 0 aliphatic heterocycles. The normalized spacial score (nSPS) is 36.7. The molecule has 86 valence electrons. The summed E-state index contributed by atoms with van der Waals surface area (Å²) in [6, 6.07) is 0.661. The number of terminal acetylenes is 1. The maximum Gasteiger partial charge on any atom is 0.0660 e. The van der Waals surface area contributed by atoms with Gasteiger partial charge in [-0.1, -0.05) is 19.8 Å². The van der Waals surface area contributed by atoms with Crippen LogP contribution in [0.25, 0.3) is 0 Å². The highest BCUT2D eigenvalue weighted by Gasteiger charge is 2.51. The van der Waals surface area contributed by atoms with Crippen LogP contribution in [0, 0.1) is 17.8 Å². The summed E-state index contributed by atoms with van der Waals surface area (Å²) in [5.74, 6) is 2.72. The van der Waals surface area contributed by atoms with Gasteiger partial charge in [0.25, 0.3) is 0 Å². The van der Waals surface area contributed by atoms with Crippen molar-refractivity contribution in [2.75, 3.05) is 6.61 Å². The van der Waals surface area contributed by atoms with Crippen LogP contribution in [0.5, 0.6) is 0 Å². The van der Waals surface area contributed by atoms with Crippen LogP contribution in [0.1, 0.15) is 40.5 Å². The van der Waals surface area contributed by atoms with E-state index in [9.17, 15) is 0 Å². The minimum atomic E-state index is 0.156. The number of rotatable bonds is 5. The lowest BCUT2D eigenvalue weighted by Gasteiger charge is -2.54. The van der Waals surface area contributed by atoms with Crippen LogP contribution in [0.4, 0.5) is 0 Å². The van der Waals surface area contributed by atoms with Crippen LogP contribution in [0.3, 0.4) is 0 Å². The Hall–Kier alpha value is -0.520. The fraction of sp³-hybridized carbons (Fsp3) is 0.846. The third kappa shape index (κ3) is 2.35. The third-order valence-corrected chi connectivity index (χ3v) is 3.81. The van der Waals surface area contributed by atoms with E-state index >= 15 is 0 Å². The number of hydrogen-bond acceptors (Lipinski definition) is 2. The Bertz CT molecular complexity index is 245. The molecule has 4 unspecified atom stereocenters. The van der Waals surface area contributed by atoms with Crippen molar-refractivity contribution < 1.29 is 4.74 Å². The molecule has 1 rings (SSSR count). The monoisotopic (exact) mass is 209 g/mol. The molecule has 0 saturated heterocycles. The first-order chi connectivity index (χ1) is 7.08. The van der Waals surface area contributed by atoms with E-state index in [0.717, 1.165) is 19.4 Å². The molecule has 0 aromatic carbocycles. The summed E-state index contributed by atoms with van der Waals surface area (Å²) < 4.78 is 5.74. The van der Waals surface area contributed by atoms with Crippen molar-refractivity contribution >= 4 is 0 Å². The van der Waals surface area contributed by atoms with Crippen LogP contribution < -0.4 is 5.32 Å². The van der Waals surface area contributed by atoms with Crippen molar-refractivity contribution in [3.05, 3.63) is 0 Å². The Labute approximate surface area is 93.8 Å². The smallest absolute Gasteiger partial charge is 0.0660 e. The van der Waals surface area contributed by atoms with Gasteiger partial charge >= 0.3 is 0 Å². The topological polar surface area (TPSA) is 21.3 Å². The SMILES string of the molecule is C#CC(C)NC1CC(OCC)C1(C)CC. The van der Waals surface area contributed by atoms with E-state index in [1.807, 2.05) is 6.92 Å². The van der Waals surface area contributed by atoms with Gasteiger partial charge in [-0.2, -0.15) is 0 Å². The molecule has 15 heavy (non-hydrogen) atoms. The van der Waals surface area contributed by atoms with Gasteiger partial charge in [-0.25, -0.2) is 0 Å². The molecule has 4 atom stereocenters. The van der Waals surface area contributed by atoms with Crippen molar-refractivity contribution in [2.24, 2.45) is 5.41 Å². The van der Waals surface area contributed by atoms with Crippen LogP contribution in [0.15, 0.2) is 0 Å². The molecule has 0 radical (unpaired) electrons. The van der Waals surface area contributed by atoms with Crippen molar-refractivity contribution in [1.29, 1.82) is 0 Å².